The van der Waals surface area contributed by atoms with Gasteiger partial charge in [0.25, 0.3) is 10.2 Å². The zero-order valence-electron chi connectivity index (χ0n) is 12.8. The van der Waals surface area contributed by atoms with E-state index in [1.165, 1.54) is 18.2 Å². The number of nitrogens with zero attached hydrogens (tertiary/aromatic N) is 2. The van der Waals surface area contributed by atoms with Crippen molar-refractivity contribution in [2.24, 2.45) is 0 Å². The van der Waals surface area contributed by atoms with Gasteiger partial charge in [0.2, 0.25) is 0 Å². The van der Waals surface area contributed by atoms with Gasteiger partial charge in [-0.25, -0.2) is 0 Å². The van der Waals surface area contributed by atoms with E-state index in [1.54, 1.807) is 14.0 Å². The van der Waals surface area contributed by atoms with E-state index in [4.69, 9.17) is 0 Å². The first-order valence-corrected chi connectivity index (χ1v) is 8.54. The Morgan fingerprint density at radius 2 is 1.75 bits per heavy atom. The molecule has 1 fully saturated rings. The van der Waals surface area contributed by atoms with Crippen molar-refractivity contribution in [2.45, 2.75) is 64.5 Å². The predicted octanol–water partition coefficient (Wildman–Crippen LogP) is 1.68. The number of carboxylic acids is 1. The number of carbonyl (C=O) groups is 1. The highest BCUT2D eigenvalue weighted by Crippen LogP contribution is 2.27. The summed E-state index contributed by atoms with van der Waals surface area (Å²) < 4.78 is 27.8. The molecule has 0 aromatic carbocycles. The van der Waals surface area contributed by atoms with Gasteiger partial charge >= 0.3 is 5.97 Å². The lowest BCUT2D eigenvalue weighted by Gasteiger charge is -2.39. The topological polar surface area (TPSA) is 77.9 Å². The molecule has 0 aromatic rings. The fourth-order valence-corrected chi connectivity index (χ4v) is 4.62. The average Bonchev–Trinajstić information content (AvgIpc) is 2.38. The van der Waals surface area contributed by atoms with E-state index in [9.17, 15) is 18.3 Å². The van der Waals surface area contributed by atoms with Gasteiger partial charge in [0.1, 0.15) is 5.54 Å². The van der Waals surface area contributed by atoms with Crippen LogP contribution in [0.4, 0.5) is 0 Å². The summed E-state index contributed by atoms with van der Waals surface area (Å²) >= 11 is 0. The lowest BCUT2D eigenvalue weighted by Crippen LogP contribution is -2.58. The van der Waals surface area contributed by atoms with Crippen LogP contribution in [0.15, 0.2) is 0 Å². The molecule has 0 unspecified atom stereocenters. The lowest BCUT2D eigenvalue weighted by molar-refractivity contribution is -0.146. The van der Waals surface area contributed by atoms with Crippen LogP contribution in [-0.2, 0) is 15.0 Å². The molecular weight excluding hydrogens is 280 g/mol. The molecule has 1 aliphatic rings. The molecule has 0 aromatic heterocycles. The van der Waals surface area contributed by atoms with Crippen molar-refractivity contribution in [1.29, 1.82) is 0 Å². The number of carboxylic acid groups (broad SMARTS) is 1. The molecule has 0 amide bonds. The molecule has 0 spiro atoms. The largest absolute Gasteiger partial charge is 0.480 e. The molecule has 0 saturated heterocycles. The van der Waals surface area contributed by atoms with E-state index < -0.39 is 21.7 Å². The van der Waals surface area contributed by atoms with Crippen LogP contribution in [0.5, 0.6) is 0 Å². The van der Waals surface area contributed by atoms with Crippen LogP contribution in [0.1, 0.15) is 52.9 Å². The molecule has 0 heterocycles. The minimum absolute atomic E-state index is 0.0209. The van der Waals surface area contributed by atoms with Gasteiger partial charge in [-0.05, 0) is 26.7 Å². The Kier molecular flexibility index (Phi) is 5.57. The van der Waals surface area contributed by atoms with Crippen LogP contribution >= 0.6 is 0 Å². The number of likely N-dealkylation sites (N-methyl/N-ethyl adjacent to an activating group) is 1. The van der Waals surface area contributed by atoms with E-state index >= 15 is 0 Å². The first kappa shape index (κ1) is 17.4. The van der Waals surface area contributed by atoms with E-state index in [-0.39, 0.29) is 12.6 Å². The maximum absolute atomic E-state index is 12.7. The van der Waals surface area contributed by atoms with Crippen LogP contribution < -0.4 is 0 Å². The van der Waals surface area contributed by atoms with Crippen molar-refractivity contribution in [1.82, 2.24) is 8.61 Å². The molecule has 1 N–H and O–H groups in total. The highest BCUT2D eigenvalue weighted by atomic mass is 32.2. The monoisotopic (exact) mass is 306 g/mol. The van der Waals surface area contributed by atoms with Crippen molar-refractivity contribution >= 4 is 16.2 Å². The Labute approximate surface area is 121 Å². The van der Waals surface area contributed by atoms with E-state index in [2.05, 4.69) is 0 Å². The summed E-state index contributed by atoms with van der Waals surface area (Å²) in [5.41, 5.74) is -1.45. The van der Waals surface area contributed by atoms with E-state index in [0.29, 0.717) is 0 Å². The molecule has 1 aliphatic carbocycles. The van der Waals surface area contributed by atoms with Gasteiger partial charge in [-0.1, -0.05) is 26.2 Å². The summed E-state index contributed by atoms with van der Waals surface area (Å²) in [6.07, 6.45) is 4.89. The molecule has 0 bridgehead atoms. The minimum atomic E-state index is -3.77. The maximum Gasteiger partial charge on any atom is 0.324 e. The smallest absolute Gasteiger partial charge is 0.324 e. The summed E-state index contributed by atoms with van der Waals surface area (Å²) in [4.78, 5) is 11.3. The van der Waals surface area contributed by atoms with Gasteiger partial charge in [-0.3, -0.25) is 4.79 Å². The van der Waals surface area contributed by atoms with Gasteiger partial charge in [-0.2, -0.15) is 17.0 Å². The molecule has 7 heteroatoms. The number of hydrogen-bond acceptors (Lipinski definition) is 3. The standard InChI is InChI=1S/C13H26N2O4S/c1-5-15(13(2,3)12(16)17)20(18,19)14(4)11-9-7-6-8-10-11/h11H,5-10H2,1-4H3,(H,16,17). The summed E-state index contributed by atoms with van der Waals surface area (Å²) in [6, 6.07) is -0.0209. The second-order valence-electron chi connectivity index (χ2n) is 5.84. The van der Waals surface area contributed by atoms with Crippen LogP contribution in [0, 0.1) is 0 Å². The van der Waals surface area contributed by atoms with Crippen molar-refractivity contribution in [2.75, 3.05) is 13.6 Å². The van der Waals surface area contributed by atoms with E-state index in [0.717, 1.165) is 36.4 Å². The van der Waals surface area contributed by atoms with Gasteiger partial charge in [0.15, 0.2) is 0 Å². The first-order valence-electron chi connectivity index (χ1n) is 7.15. The summed E-state index contributed by atoms with van der Waals surface area (Å²) in [5.74, 6) is -1.14. The molecule has 1 saturated carbocycles. The summed E-state index contributed by atoms with van der Waals surface area (Å²) in [6.45, 7) is 4.64. The zero-order valence-corrected chi connectivity index (χ0v) is 13.6. The Hall–Kier alpha value is -0.660. The maximum atomic E-state index is 12.7. The van der Waals surface area contributed by atoms with Gasteiger partial charge in [-0.15, -0.1) is 0 Å². The fourth-order valence-electron chi connectivity index (χ4n) is 2.74. The van der Waals surface area contributed by atoms with Crippen LogP contribution in [-0.4, -0.2) is 53.3 Å². The number of rotatable bonds is 6. The van der Waals surface area contributed by atoms with Crippen molar-refractivity contribution in [3.63, 3.8) is 0 Å². The summed E-state index contributed by atoms with van der Waals surface area (Å²) in [5, 5.41) is 9.27. The van der Waals surface area contributed by atoms with E-state index in [1.807, 2.05) is 0 Å². The molecule has 118 valence electrons. The lowest BCUT2D eigenvalue weighted by atomic mass is 9.96. The van der Waals surface area contributed by atoms with Crippen molar-refractivity contribution < 1.29 is 18.3 Å². The molecule has 6 nitrogen and oxygen atoms in total. The third-order valence-electron chi connectivity index (χ3n) is 4.17. The molecule has 0 radical (unpaired) electrons. The number of aliphatic carboxylic acids is 1. The predicted molar refractivity (Wildman–Crippen MR) is 77.7 cm³/mol. The van der Waals surface area contributed by atoms with Crippen molar-refractivity contribution in [3.8, 4) is 0 Å². The second-order valence-corrected chi connectivity index (χ2v) is 7.76. The molecular formula is C13H26N2O4S. The second kappa shape index (κ2) is 6.41. The van der Waals surface area contributed by atoms with Crippen LogP contribution in [0.25, 0.3) is 0 Å². The molecule has 20 heavy (non-hydrogen) atoms. The minimum Gasteiger partial charge on any atom is -0.480 e. The Morgan fingerprint density at radius 1 is 1.25 bits per heavy atom. The van der Waals surface area contributed by atoms with Gasteiger partial charge in [0.05, 0.1) is 0 Å². The highest BCUT2D eigenvalue weighted by molar-refractivity contribution is 7.86. The van der Waals surface area contributed by atoms with Gasteiger partial charge < -0.3 is 5.11 Å². The van der Waals surface area contributed by atoms with Crippen molar-refractivity contribution in [3.05, 3.63) is 0 Å². The third-order valence-corrected chi connectivity index (χ3v) is 6.46. The normalized spacial score (nSPS) is 18.7. The Morgan fingerprint density at radius 3 is 2.15 bits per heavy atom. The zero-order chi connectivity index (χ0) is 15.6. The molecule has 0 atom stereocenters. The average molecular weight is 306 g/mol. The Bertz CT molecular complexity index is 441. The number of hydrogen-bond donors (Lipinski definition) is 1. The molecule has 0 aliphatic heterocycles. The first-order chi connectivity index (χ1) is 9.15. The van der Waals surface area contributed by atoms with Crippen LogP contribution in [0.3, 0.4) is 0 Å². The van der Waals surface area contributed by atoms with Gasteiger partial charge in [0, 0.05) is 19.6 Å². The SMILES string of the molecule is CCN(C(C)(C)C(=O)O)S(=O)(=O)N(C)C1CCCCC1. The fraction of sp³-hybridized carbons (Fsp3) is 0.923. The Balaban J connectivity index is 3.02. The van der Waals surface area contributed by atoms with Crippen LogP contribution in [0.2, 0.25) is 0 Å². The highest BCUT2D eigenvalue weighted by Gasteiger charge is 2.44. The molecule has 1 rings (SSSR count). The summed E-state index contributed by atoms with van der Waals surface area (Å²) in [7, 11) is -2.21. The third kappa shape index (κ3) is 3.32. The quantitative estimate of drug-likeness (QED) is 0.810.